The van der Waals surface area contributed by atoms with E-state index in [9.17, 15) is 17.2 Å². The monoisotopic (exact) mass is 259 g/mol. The van der Waals surface area contributed by atoms with Crippen molar-refractivity contribution in [2.45, 2.75) is 24.3 Å². The van der Waals surface area contributed by atoms with Crippen LogP contribution in [0.1, 0.15) is 13.8 Å². The van der Waals surface area contributed by atoms with Crippen LogP contribution >= 0.6 is 0 Å². The van der Waals surface area contributed by atoms with Crippen LogP contribution in [0.3, 0.4) is 0 Å². The largest absolute Gasteiger partial charge is 0.244 e. The highest BCUT2D eigenvalue weighted by atomic mass is 32.2. The summed E-state index contributed by atoms with van der Waals surface area (Å²) in [5.74, 6) is 0.317. The van der Waals surface area contributed by atoms with E-state index in [0.29, 0.717) is 6.07 Å². The zero-order valence-electron chi connectivity index (χ0n) is 9.29. The maximum Gasteiger partial charge on any atom is 0.244 e. The molecule has 0 atom stereocenters. The molecule has 0 saturated carbocycles. The normalized spacial score (nSPS) is 12.2. The Kier molecular flexibility index (Phi) is 3.55. The first-order chi connectivity index (χ1) is 7.68. The van der Waals surface area contributed by atoms with E-state index < -0.39 is 32.1 Å². The van der Waals surface area contributed by atoms with E-state index in [-0.39, 0.29) is 0 Å². The van der Waals surface area contributed by atoms with E-state index in [4.69, 9.17) is 6.42 Å². The lowest BCUT2D eigenvalue weighted by atomic mass is 10.1. The summed E-state index contributed by atoms with van der Waals surface area (Å²) >= 11 is 0. The van der Waals surface area contributed by atoms with Gasteiger partial charge in [0, 0.05) is 0 Å². The Morgan fingerprint density at radius 2 is 1.94 bits per heavy atom. The molecule has 0 saturated heterocycles. The van der Waals surface area contributed by atoms with Crippen LogP contribution in [-0.2, 0) is 10.0 Å². The van der Waals surface area contributed by atoms with Gasteiger partial charge in [-0.05, 0) is 32.0 Å². The molecule has 1 aromatic rings. The van der Waals surface area contributed by atoms with Gasteiger partial charge in [0.25, 0.3) is 0 Å². The van der Waals surface area contributed by atoms with Crippen molar-refractivity contribution in [3.8, 4) is 12.3 Å². The summed E-state index contributed by atoms with van der Waals surface area (Å²) in [5.41, 5.74) is -1.18. The fraction of sp³-hybridized carbons (Fsp3) is 0.273. The van der Waals surface area contributed by atoms with Gasteiger partial charge in [-0.1, -0.05) is 5.92 Å². The Labute approximate surface area is 98.9 Å². The van der Waals surface area contributed by atoms with Gasteiger partial charge in [0.2, 0.25) is 10.0 Å². The number of hydrogen-bond acceptors (Lipinski definition) is 2. The van der Waals surface area contributed by atoms with Gasteiger partial charge >= 0.3 is 0 Å². The lowest BCUT2D eigenvalue weighted by molar-refractivity contribution is 0.521. The van der Waals surface area contributed by atoms with Crippen molar-refractivity contribution in [1.82, 2.24) is 4.72 Å². The topological polar surface area (TPSA) is 46.2 Å². The smallest absolute Gasteiger partial charge is 0.207 e. The summed E-state index contributed by atoms with van der Waals surface area (Å²) in [6, 6.07) is 2.18. The summed E-state index contributed by atoms with van der Waals surface area (Å²) in [4.78, 5) is -0.763. The van der Waals surface area contributed by atoms with E-state index in [2.05, 4.69) is 10.6 Å². The summed E-state index contributed by atoms with van der Waals surface area (Å²) < 4.78 is 51.8. The Hall–Kier alpha value is -1.45. The molecule has 0 aliphatic rings. The Morgan fingerprint density at radius 3 is 2.47 bits per heavy atom. The van der Waals surface area contributed by atoms with Crippen molar-refractivity contribution in [3.05, 3.63) is 29.8 Å². The van der Waals surface area contributed by atoms with E-state index in [1.54, 1.807) is 0 Å². The van der Waals surface area contributed by atoms with Gasteiger partial charge in [-0.3, -0.25) is 0 Å². The highest BCUT2D eigenvalue weighted by Crippen LogP contribution is 2.17. The van der Waals surface area contributed by atoms with Crippen molar-refractivity contribution in [1.29, 1.82) is 0 Å². The SMILES string of the molecule is C#CC(C)(C)NS(=O)(=O)c1cc(F)ccc1F. The molecule has 0 aliphatic heterocycles. The lowest BCUT2D eigenvalue weighted by Crippen LogP contribution is -2.42. The van der Waals surface area contributed by atoms with Crippen LogP contribution in [0.15, 0.2) is 23.1 Å². The highest BCUT2D eigenvalue weighted by molar-refractivity contribution is 7.89. The van der Waals surface area contributed by atoms with Crippen molar-refractivity contribution in [3.63, 3.8) is 0 Å². The van der Waals surface area contributed by atoms with Crippen LogP contribution in [-0.4, -0.2) is 14.0 Å². The van der Waals surface area contributed by atoms with Gasteiger partial charge in [-0.15, -0.1) is 6.42 Å². The molecule has 1 rings (SSSR count). The second-order valence-corrected chi connectivity index (χ2v) is 5.60. The predicted molar refractivity (Wildman–Crippen MR) is 59.6 cm³/mol. The molecular formula is C11H11F2NO2S. The van der Waals surface area contributed by atoms with Crippen LogP contribution in [0, 0.1) is 24.0 Å². The molecule has 0 aromatic heterocycles. The zero-order valence-corrected chi connectivity index (χ0v) is 10.1. The molecule has 0 radical (unpaired) electrons. The minimum atomic E-state index is -4.19. The number of halogens is 2. The van der Waals surface area contributed by atoms with Crippen LogP contribution in [0.2, 0.25) is 0 Å². The molecule has 0 heterocycles. The van der Waals surface area contributed by atoms with Crippen LogP contribution in [0.25, 0.3) is 0 Å². The van der Waals surface area contributed by atoms with Crippen LogP contribution in [0.5, 0.6) is 0 Å². The summed E-state index contributed by atoms with van der Waals surface area (Å²) in [7, 11) is -4.19. The maximum atomic E-state index is 13.3. The zero-order chi connectivity index (χ0) is 13.3. The number of nitrogens with one attached hydrogen (secondary N) is 1. The average Bonchev–Trinajstić information content (AvgIpc) is 2.20. The predicted octanol–water partition coefficient (Wildman–Crippen LogP) is 1.65. The molecule has 0 aliphatic carbocycles. The third-order valence-corrected chi connectivity index (χ3v) is 3.60. The van der Waals surface area contributed by atoms with E-state index in [1.807, 2.05) is 0 Å². The fourth-order valence-electron chi connectivity index (χ4n) is 1.10. The lowest BCUT2D eigenvalue weighted by Gasteiger charge is -2.19. The van der Waals surface area contributed by atoms with Crippen molar-refractivity contribution >= 4 is 10.0 Å². The summed E-state index contributed by atoms with van der Waals surface area (Å²) in [6.07, 6.45) is 5.11. The second kappa shape index (κ2) is 4.43. The molecule has 0 unspecified atom stereocenters. The van der Waals surface area contributed by atoms with Gasteiger partial charge in [-0.25, -0.2) is 17.2 Å². The number of hydrogen-bond donors (Lipinski definition) is 1. The quantitative estimate of drug-likeness (QED) is 0.839. The Morgan fingerprint density at radius 1 is 1.35 bits per heavy atom. The number of terminal acetylenes is 1. The number of sulfonamides is 1. The molecule has 0 bridgehead atoms. The third kappa shape index (κ3) is 3.25. The van der Waals surface area contributed by atoms with Crippen LogP contribution in [0.4, 0.5) is 8.78 Å². The molecule has 3 nitrogen and oxygen atoms in total. The van der Waals surface area contributed by atoms with E-state index in [1.165, 1.54) is 13.8 Å². The molecule has 92 valence electrons. The first-order valence-corrected chi connectivity index (χ1v) is 6.13. The Balaban J connectivity index is 3.24. The number of benzene rings is 1. The molecule has 17 heavy (non-hydrogen) atoms. The minimum absolute atomic E-state index is 0.601. The number of rotatable bonds is 3. The van der Waals surface area contributed by atoms with Gasteiger partial charge in [0.05, 0.1) is 5.54 Å². The molecular weight excluding hydrogens is 248 g/mol. The van der Waals surface area contributed by atoms with Gasteiger partial charge in [-0.2, -0.15) is 4.72 Å². The van der Waals surface area contributed by atoms with Crippen molar-refractivity contribution in [2.75, 3.05) is 0 Å². The minimum Gasteiger partial charge on any atom is -0.207 e. The second-order valence-electron chi connectivity index (χ2n) is 3.95. The summed E-state index contributed by atoms with van der Waals surface area (Å²) in [5, 5.41) is 0. The highest BCUT2D eigenvalue weighted by Gasteiger charge is 2.27. The fourth-order valence-corrected chi connectivity index (χ4v) is 2.54. The van der Waals surface area contributed by atoms with Gasteiger partial charge in [0.1, 0.15) is 16.5 Å². The molecule has 0 fully saturated rings. The van der Waals surface area contributed by atoms with Crippen molar-refractivity contribution in [2.24, 2.45) is 0 Å². The molecule has 1 aromatic carbocycles. The standard InChI is InChI=1S/C11H11F2NO2S/c1-4-11(2,3)14-17(15,16)10-7-8(12)5-6-9(10)13/h1,5-7,14H,2-3H3. The van der Waals surface area contributed by atoms with E-state index in [0.717, 1.165) is 12.1 Å². The summed E-state index contributed by atoms with van der Waals surface area (Å²) in [6.45, 7) is 2.86. The van der Waals surface area contributed by atoms with Crippen molar-refractivity contribution < 1.29 is 17.2 Å². The van der Waals surface area contributed by atoms with Gasteiger partial charge < -0.3 is 0 Å². The van der Waals surface area contributed by atoms with E-state index >= 15 is 0 Å². The maximum absolute atomic E-state index is 13.3. The van der Waals surface area contributed by atoms with Gasteiger partial charge in [0.15, 0.2) is 0 Å². The first kappa shape index (κ1) is 13.6. The molecule has 1 N–H and O–H groups in total. The Bertz CT molecular complexity index is 574. The molecule has 0 spiro atoms. The molecule has 6 heteroatoms. The third-order valence-electron chi connectivity index (χ3n) is 1.93. The average molecular weight is 259 g/mol. The molecule has 0 amide bonds. The first-order valence-electron chi connectivity index (χ1n) is 4.65. The van der Waals surface area contributed by atoms with Crippen LogP contribution < -0.4 is 4.72 Å².